The molecule has 0 saturated heterocycles. The van der Waals surface area contributed by atoms with E-state index in [1.807, 2.05) is 36.4 Å². The Morgan fingerprint density at radius 3 is 2.57 bits per heavy atom. The van der Waals surface area contributed by atoms with Crippen molar-refractivity contribution in [3.8, 4) is 0 Å². The Balaban J connectivity index is 2.22. The van der Waals surface area contributed by atoms with Gasteiger partial charge in [-0.25, -0.2) is 4.39 Å². The lowest BCUT2D eigenvalue weighted by atomic mass is 9.94. The van der Waals surface area contributed by atoms with Gasteiger partial charge in [-0.2, -0.15) is 0 Å². The average Bonchev–Trinajstić information content (AvgIpc) is 2.19. The minimum absolute atomic E-state index is 0.162. The van der Waals surface area contributed by atoms with E-state index >= 15 is 0 Å². The third kappa shape index (κ3) is 2.23. The standard InChI is InChI=1S/C12H9FI/c13-12(14)8-6-11(7-9-12)10-4-2-1-3-5-10/h1-8,11H. The first-order chi connectivity index (χ1) is 6.67. The van der Waals surface area contributed by atoms with E-state index in [0.717, 1.165) is 0 Å². The molecule has 1 aromatic carbocycles. The number of allylic oxidation sites excluding steroid dienone is 4. The summed E-state index contributed by atoms with van der Waals surface area (Å²) >= 11 is 1.72. The van der Waals surface area contributed by atoms with Gasteiger partial charge in [0.15, 0.2) is 0 Å². The second kappa shape index (κ2) is 3.85. The topological polar surface area (TPSA) is 0 Å². The zero-order chi connectivity index (χ0) is 10.0. The van der Waals surface area contributed by atoms with Crippen LogP contribution in [0.2, 0.25) is 0 Å². The zero-order valence-electron chi connectivity index (χ0n) is 7.45. The van der Waals surface area contributed by atoms with Gasteiger partial charge in [-0.1, -0.05) is 42.5 Å². The predicted molar refractivity (Wildman–Crippen MR) is 64.0 cm³/mol. The lowest BCUT2D eigenvalue weighted by Gasteiger charge is -2.17. The van der Waals surface area contributed by atoms with Crippen LogP contribution < -0.4 is 0 Å². The smallest absolute Gasteiger partial charge is 0.204 e. The molecule has 1 aliphatic carbocycles. The third-order valence-corrected chi connectivity index (χ3v) is 2.82. The maximum absolute atomic E-state index is 13.3. The molecule has 0 bridgehead atoms. The molecule has 0 heterocycles. The highest BCUT2D eigenvalue weighted by Gasteiger charge is 2.22. The molecule has 0 aromatic heterocycles. The number of rotatable bonds is 1. The summed E-state index contributed by atoms with van der Waals surface area (Å²) in [6.45, 7) is 0. The molecule has 0 N–H and O–H groups in total. The van der Waals surface area contributed by atoms with Crippen LogP contribution in [0.3, 0.4) is 0 Å². The van der Waals surface area contributed by atoms with Crippen LogP contribution in [0.5, 0.6) is 0 Å². The first kappa shape index (κ1) is 9.90. The van der Waals surface area contributed by atoms with Crippen molar-refractivity contribution in [1.29, 1.82) is 0 Å². The van der Waals surface area contributed by atoms with Crippen LogP contribution in [0.15, 0.2) is 48.6 Å². The van der Waals surface area contributed by atoms with Crippen LogP contribution in [0.25, 0.3) is 0 Å². The molecule has 0 aliphatic heterocycles. The number of hydrogen-bond acceptors (Lipinski definition) is 0. The highest BCUT2D eigenvalue weighted by atomic mass is 127. The zero-order valence-corrected chi connectivity index (χ0v) is 9.61. The van der Waals surface area contributed by atoms with Crippen molar-refractivity contribution >= 4 is 22.6 Å². The second-order valence-corrected chi connectivity index (χ2v) is 4.80. The molecule has 2 unspecified atom stereocenters. The Morgan fingerprint density at radius 1 is 1.29 bits per heavy atom. The number of hydrogen-bond donors (Lipinski definition) is 0. The molecule has 14 heavy (non-hydrogen) atoms. The van der Waals surface area contributed by atoms with Crippen molar-refractivity contribution in [1.82, 2.24) is 0 Å². The predicted octanol–water partition coefficient (Wildman–Crippen LogP) is 3.80. The lowest BCUT2D eigenvalue weighted by Crippen LogP contribution is -2.10. The van der Waals surface area contributed by atoms with Gasteiger partial charge in [-0.3, -0.25) is 0 Å². The molecule has 0 amide bonds. The maximum Gasteiger partial charge on any atom is 0.204 e. The molecule has 0 saturated carbocycles. The van der Waals surface area contributed by atoms with Crippen LogP contribution in [0, 0.1) is 6.08 Å². The minimum Gasteiger partial charge on any atom is -0.222 e. The molecular formula is C12H9FI. The molecule has 2 rings (SSSR count). The molecule has 0 nitrogen and oxygen atoms in total. The third-order valence-electron chi connectivity index (χ3n) is 2.15. The van der Waals surface area contributed by atoms with Crippen molar-refractivity contribution in [2.24, 2.45) is 0 Å². The van der Waals surface area contributed by atoms with Gasteiger partial charge in [0.2, 0.25) is 3.68 Å². The minimum atomic E-state index is -1.43. The van der Waals surface area contributed by atoms with Gasteiger partial charge in [0.25, 0.3) is 0 Å². The van der Waals surface area contributed by atoms with Gasteiger partial charge in [-0.05, 0) is 34.2 Å². The fraction of sp³-hybridized carbons (Fsp3) is 0.167. The normalized spacial score (nSPS) is 30.6. The van der Waals surface area contributed by atoms with E-state index in [4.69, 9.17) is 0 Å². The summed E-state index contributed by atoms with van der Waals surface area (Å²) in [7, 11) is 0. The molecule has 2 atom stereocenters. The van der Waals surface area contributed by atoms with Crippen LogP contribution in [-0.2, 0) is 0 Å². The largest absolute Gasteiger partial charge is 0.222 e. The van der Waals surface area contributed by atoms with Crippen LogP contribution in [0.4, 0.5) is 4.39 Å². The van der Waals surface area contributed by atoms with E-state index in [0.29, 0.717) is 0 Å². The van der Waals surface area contributed by atoms with Crippen molar-refractivity contribution in [2.75, 3.05) is 0 Å². The fourth-order valence-corrected chi connectivity index (χ4v) is 1.80. The van der Waals surface area contributed by atoms with Crippen LogP contribution in [-0.4, -0.2) is 3.68 Å². The van der Waals surface area contributed by atoms with Gasteiger partial charge in [-0.15, -0.1) is 0 Å². The summed E-state index contributed by atoms with van der Waals surface area (Å²) in [6.07, 6.45) is 7.91. The van der Waals surface area contributed by atoms with Crippen LogP contribution >= 0.6 is 22.6 Å². The molecule has 1 aliphatic rings. The Labute approximate surface area is 96.7 Å². The number of benzene rings is 1. The first-order valence-electron chi connectivity index (χ1n) is 4.40. The van der Waals surface area contributed by atoms with E-state index in [1.54, 1.807) is 34.7 Å². The molecular weight excluding hydrogens is 290 g/mol. The molecule has 0 spiro atoms. The number of alkyl halides is 2. The lowest BCUT2D eigenvalue weighted by molar-refractivity contribution is 0.433. The Kier molecular flexibility index (Phi) is 2.72. The summed E-state index contributed by atoms with van der Waals surface area (Å²) in [6, 6.07) is 10.0. The summed E-state index contributed by atoms with van der Waals surface area (Å²) in [5.41, 5.74) is 1.17. The van der Waals surface area contributed by atoms with E-state index in [1.165, 1.54) is 5.56 Å². The highest BCUT2D eigenvalue weighted by molar-refractivity contribution is 14.1. The SMILES string of the molecule is FC1(I)[C]=CC(c2ccccc2)C=C1. The number of halogens is 2. The summed E-state index contributed by atoms with van der Waals surface area (Å²) < 4.78 is 11.9. The van der Waals surface area contributed by atoms with Gasteiger partial charge in [0.1, 0.15) is 0 Å². The Morgan fingerprint density at radius 2 is 2.00 bits per heavy atom. The fourth-order valence-electron chi connectivity index (χ4n) is 1.41. The van der Waals surface area contributed by atoms with Crippen molar-refractivity contribution in [3.05, 3.63) is 60.2 Å². The quantitative estimate of drug-likeness (QED) is 0.420. The summed E-state index contributed by atoms with van der Waals surface area (Å²) in [5, 5.41) is 0. The van der Waals surface area contributed by atoms with E-state index in [9.17, 15) is 4.39 Å². The molecule has 71 valence electrons. The molecule has 0 fully saturated rings. The van der Waals surface area contributed by atoms with Crippen LogP contribution in [0.1, 0.15) is 11.5 Å². The van der Waals surface area contributed by atoms with E-state index < -0.39 is 3.68 Å². The maximum atomic E-state index is 13.3. The van der Waals surface area contributed by atoms with Gasteiger partial charge in [0.05, 0.1) is 0 Å². The van der Waals surface area contributed by atoms with E-state index in [2.05, 4.69) is 6.08 Å². The van der Waals surface area contributed by atoms with E-state index in [-0.39, 0.29) is 5.92 Å². The Hall–Kier alpha value is -0.640. The Bertz CT molecular complexity index is 349. The average molecular weight is 299 g/mol. The second-order valence-electron chi connectivity index (χ2n) is 3.23. The molecule has 1 aromatic rings. The first-order valence-corrected chi connectivity index (χ1v) is 5.48. The van der Waals surface area contributed by atoms with Crippen molar-refractivity contribution in [3.63, 3.8) is 0 Å². The summed E-state index contributed by atoms with van der Waals surface area (Å²) in [5.74, 6) is 0.162. The van der Waals surface area contributed by atoms with Gasteiger partial charge < -0.3 is 0 Å². The summed E-state index contributed by atoms with van der Waals surface area (Å²) in [4.78, 5) is 0. The monoisotopic (exact) mass is 299 g/mol. The molecule has 2 heteroatoms. The van der Waals surface area contributed by atoms with Gasteiger partial charge >= 0.3 is 0 Å². The van der Waals surface area contributed by atoms with Crippen molar-refractivity contribution < 1.29 is 4.39 Å². The highest BCUT2D eigenvalue weighted by Crippen LogP contribution is 2.32. The van der Waals surface area contributed by atoms with Crippen molar-refractivity contribution in [2.45, 2.75) is 9.59 Å². The molecule has 1 radical (unpaired) electrons. The van der Waals surface area contributed by atoms with Gasteiger partial charge in [0, 0.05) is 12.0 Å².